The summed E-state index contributed by atoms with van der Waals surface area (Å²) in [6.07, 6.45) is 7.14. The summed E-state index contributed by atoms with van der Waals surface area (Å²) in [5.41, 5.74) is 0.0471. The van der Waals surface area contributed by atoms with Crippen molar-refractivity contribution in [2.24, 2.45) is 0 Å². The fraction of sp³-hybridized carbons (Fsp3) is 1.00. The molecule has 13 heavy (non-hydrogen) atoms. The molecule has 0 bridgehead atoms. The average Bonchev–Trinajstić information content (AvgIpc) is 2.27. The summed E-state index contributed by atoms with van der Waals surface area (Å²) in [5.74, 6) is 0. The van der Waals surface area contributed by atoms with Gasteiger partial charge in [0.2, 0.25) is 0 Å². The van der Waals surface area contributed by atoms with Gasteiger partial charge in [0, 0.05) is 12.6 Å². The lowest BCUT2D eigenvalue weighted by atomic mass is 9.98. The van der Waals surface area contributed by atoms with Crippen LogP contribution in [0.3, 0.4) is 0 Å². The maximum Gasteiger partial charge on any atom is 0.0755 e. The van der Waals surface area contributed by atoms with Crippen LogP contribution in [0.2, 0.25) is 0 Å². The predicted octanol–water partition coefficient (Wildman–Crippen LogP) is 2.09. The third kappa shape index (κ3) is 2.23. The predicted molar refractivity (Wildman–Crippen MR) is 53.8 cm³/mol. The Kier molecular flexibility index (Phi) is 2.61. The third-order valence-electron chi connectivity index (χ3n) is 3.21. The summed E-state index contributed by atoms with van der Waals surface area (Å²) < 4.78 is 6.10. The normalized spacial score (nSPS) is 39.2. The largest absolute Gasteiger partial charge is 0.369 e. The molecule has 0 aromatic heterocycles. The van der Waals surface area contributed by atoms with E-state index in [1.165, 1.54) is 32.1 Å². The zero-order valence-electron chi connectivity index (χ0n) is 8.81. The van der Waals surface area contributed by atoms with Crippen molar-refractivity contribution in [3.05, 3.63) is 0 Å². The van der Waals surface area contributed by atoms with Gasteiger partial charge in [-0.2, -0.15) is 0 Å². The smallest absolute Gasteiger partial charge is 0.0755 e. The molecule has 1 N–H and O–H groups in total. The van der Waals surface area contributed by atoms with E-state index in [-0.39, 0.29) is 5.60 Å². The van der Waals surface area contributed by atoms with Crippen molar-refractivity contribution in [3.8, 4) is 0 Å². The minimum Gasteiger partial charge on any atom is -0.369 e. The Bertz CT molecular complexity index is 179. The van der Waals surface area contributed by atoms with Gasteiger partial charge < -0.3 is 10.1 Å². The van der Waals surface area contributed by atoms with Gasteiger partial charge in [0.05, 0.1) is 11.7 Å². The fourth-order valence-corrected chi connectivity index (χ4v) is 2.48. The lowest BCUT2D eigenvalue weighted by Crippen LogP contribution is -2.56. The summed E-state index contributed by atoms with van der Waals surface area (Å²) in [4.78, 5) is 0. The molecular formula is C11H21NO. The van der Waals surface area contributed by atoms with Crippen LogP contribution < -0.4 is 5.32 Å². The van der Waals surface area contributed by atoms with E-state index < -0.39 is 0 Å². The van der Waals surface area contributed by atoms with Crippen LogP contribution in [0, 0.1) is 0 Å². The molecule has 2 fully saturated rings. The Morgan fingerprint density at radius 1 is 1.15 bits per heavy atom. The van der Waals surface area contributed by atoms with E-state index in [1.54, 1.807) is 0 Å². The lowest BCUT2D eigenvalue weighted by molar-refractivity contribution is -0.116. The first-order valence-electron chi connectivity index (χ1n) is 5.59. The SMILES string of the molecule is CC1(C)CNC2CCCCCC2O1. The summed E-state index contributed by atoms with van der Waals surface area (Å²) >= 11 is 0. The number of rotatable bonds is 0. The number of morpholine rings is 1. The van der Waals surface area contributed by atoms with Gasteiger partial charge in [-0.05, 0) is 26.7 Å². The van der Waals surface area contributed by atoms with Gasteiger partial charge >= 0.3 is 0 Å². The molecule has 1 heterocycles. The molecule has 0 radical (unpaired) electrons. The van der Waals surface area contributed by atoms with E-state index in [1.807, 2.05) is 0 Å². The van der Waals surface area contributed by atoms with Crippen LogP contribution >= 0.6 is 0 Å². The highest BCUT2D eigenvalue weighted by atomic mass is 16.5. The van der Waals surface area contributed by atoms with Crippen molar-refractivity contribution in [1.29, 1.82) is 0 Å². The van der Waals surface area contributed by atoms with Gasteiger partial charge in [-0.15, -0.1) is 0 Å². The minimum absolute atomic E-state index is 0.0471. The molecule has 2 nitrogen and oxygen atoms in total. The maximum absolute atomic E-state index is 6.10. The second-order valence-electron chi connectivity index (χ2n) is 5.04. The van der Waals surface area contributed by atoms with Crippen LogP contribution in [0.25, 0.3) is 0 Å². The minimum atomic E-state index is 0.0471. The molecule has 1 saturated carbocycles. The number of hydrogen-bond donors (Lipinski definition) is 1. The quantitative estimate of drug-likeness (QED) is 0.621. The maximum atomic E-state index is 6.10. The van der Waals surface area contributed by atoms with E-state index in [0.29, 0.717) is 12.1 Å². The van der Waals surface area contributed by atoms with Crippen LogP contribution in [0.1, 0.15) is 46.0 Å². The Hall–Kier alpha value is -0.0800. The van der Waals surface area contributed by atoms with Crippen molar-refractivity contribution < 1.29 is 4.74 Å². The topological polar surface area (TPSA) is 21.3 Å². The Labute approximate surface area is 81.0 Å². The second kappa shape index (κ2) is 3.58. The molecule has 2 rings (SSSR count). The zero-order valence-corrected chi connectivity index (χ0v) is 8.81. The van der Waals surface area contributed by atoms with E-state index >= 15 is 0 Å². The number of ether oxygens (including phenoxy) is 1. The first kappa shape index (κ1) is 9.47. The number of hydrogen-bond acceptors (Lipinski definition) is 2. The molecule has 0 aromatic carbocycles. The Balaban J connectivity index is 2.00. The Morgan fingerprint density at radius 2 is 1.92 bits per heavy atom. The van der Waals surface area contributed by atoms with E-state index in [9.17, 15) is 0 Å². The summed E-state index contributed by atoms with van der Waals surface area (Å²) in [6, 6.07) is 0.635. The van der Waals surface area contributed by atoms with Crippen LogP contribution in [-0.2, 0) is 4.74 Å². The van der Waals surface area contributed by atoms with Gasteiger partial charge in [0.1, 0.15) is 0 Å². The molecule has 1 aliphatic carbocycles. The highest BCUT2D eigenvalue weighted by Gasteiger charge is 2.35. The molecule has 2 heteroatoms. The van der Waals surface area contributed by atoms with Crippen LogP contribution in [0.5, 0.6) is 0 Å². The standard InChI is InChI=1S/C11H21NO/c1-11(2)8-12-9-6-4-3-5-7-10(9)13-11/h9-10,12H,3-8H2,1-2H3. The van der Waals surface area contributed by atoms with Gasteiger partial charge in [-0.3, -0.25) is 0 Å². The molecule has 0 spiro atoms. The summed E-state index contributed by atoms with van der Waals surface area (Å²) in [7, 11) is 0. The summed E-state index contributed by atoms with van der Waals surface area (Å²) in [6.45, 7) is 5.37. The van der Waals surface area contributed by atoms with Crippen molar-refractivity contribution in [1.82, 2.24) is 5.32 Å². The molecular weight excluding hydrogens is 162 g/mol. The molecule has 2 unspecified atom stereocenters. The fourth-order valence-electron chi connectivity index (χ4n) is 2.48. The highest BCUT2D eigenvalue weighted by molar-refractivity contribution is 4.90. The molecule has 0 amide bonds. The zero-order chi connectivity index (χ0) is 9.31. The van der Waals surface area contributed by atoms with Crippen molar-refractivity contribution in [2.75, 3.05) is 6.54 Å². The van der Waals surface area contributed by atoms with Gasteiger partial charge in [-0.25, -0.2) is 0 Å². The van der Waals surface area contributed by atoms with E-state index in [0.717, 1.165) is 6.54 Å². The first-order chi connectivity index (χ1) is 6.17. The molecule has 2 atom stereocenters. The van der Waals surface area contributed by atoms with Gasteiger partial charge in [0.15, 0.2) is 0 Å². The number of nitrogens with one attached hydrogen (secondary N) is 1. The average molecular weight is 183 g/mol. The van der Waals surface area contributed by atoms with Crippen molar-refractivity contribution in [2.45, 2.75) is 63.7 Å². The van der Waals surface area contributed by atoms with Crippen molar-refractivity contribution >= 4 is 0 Å². The molecule has 1 aliphatic heterocycles. The molecule has 76 valence electrons. The van der Waals surface area contributed by atoms with Gasteiger partial charge in [-0.1, -0.05) is 19.3 Å². The Morgan fingerprint density at radius 3 is 2.77 bits per heavy atom. The third-order valence-corrected chi connectivity index (χ3v) is 3.21. The van der Waals surface area contributed by atoms with Crippen LogP contribution in [-0.4, -0.2) is 24.3 Å². The van der Waals surface area contributed by atoms with E-state index in [4.69, 9.17) is 4.74 Å². The van der Waals surface area contributed by atoms with Crippen LogP contribution in [0.4, 0.5) is 0 Å². The van der Waals surface area contributed by atoms with Crippen molar-refractivity contribution in [3.63, 3.8) is 0 Å². The monoisotopic (exact) mass is 183 g/mol. The summed E-state index contributed by atoms with van der Waals surface area (Å²) in [5, 5.41) is 3.63. The lowest BCUT2D eigenvalue weighted by Gasteiger charge is -2.41. The van der Waals surface area contributed by atoms with E-state index in [2.05, 4.69) is 19.2 Å². The molecule has 0 aromatic rings. The van der Waals surface area contributed by atoms with Gasteiger partial charge in [0.25, 0.3) is 0 Å². The molecule has 1 saturated heterocycles. The first-order valence-corrected chi connectivity index (χ1v) is 5.59. The number of fused-ring (bicyclic) bond motifs is 1. The molecule has 2 aliphatic rings. The highest BCUT2D eigenvalue weighted by Crippen LogP contribution is 2.28. The second-order valence-corrected chi connectivity index (χ2v) is 5.04. The van der Waals surface area contributed by atoms with Crippen LogP contribution in [0.15, 0.2) is 0 Å².